The standard InChI is InChI=1S/C28H35N6O8P/c1-17-8-10-19(11-9-17)40-27(37)18(2)33-43(38,42-20-6-4-3-5-7-20)39-15-28(14-29)25(36)23(35)24(41-28)21-12-13-22-26(30)31-16-32-34(21)22/h3-7,12-13,16-19,23-25,35-36H,8-11,15H2,1-2H3,(H,33,38)(H2,30,31,32)/t17-,18-,19-,23-,24-,25-,28+,43-/m0/s1. The average Bonchev–Trinajstić information content (AvgIpc) is 3.53. The van der Waals surface area contributed by atoms with Gasteiger partial charge in [0, 0.05) is 0 Å². The zero-order valence-electron chi connectivity index (χ0n) is 23.8. The molecule has 0 radical (unpaired) electrons. The van der Waals surface area contributed by atoms with Gasteiger partial charge < -0.3 is 29.9 Å². The molecule has 1 aromatic carbocycles. The number of fused-ring (bicyclic) bond motifs is 1. The molecular formula is C28H35N6O8P. The van der Waals surface area contributed by atoms with Crippen LogP contribution in [0.1, 0.15) is 51.3 Å². The summed E-state index contributed by atoms with van der Waals surface area (Å²) in [5.74, 6) is 0.276. The number of ether oxygens (including phenoxy) is 2. The van der Waals surface area contributed by atoms with E-state index in [1.807, 2.05) is 6.07 Å². The van der Waals surface area contributed by atoms with Crippen molar-refractivity contribution in [2.75, 3.05) is 12.3 Å². The fourth-order valence-corrected chi connectivity index (χ4v) is 6.79. The van der Waals surface area contributed by atoms with E-state index in [9.17, 15) is 24.8 Å². The van der Waals surface area contributed by atoms with Crippen molar-refractivity contribution in [1.82, 2.24) is 19.7 Å². The van der Waals surface area contributed by atoms with Gasteiger partial charge in [0.2, 0.25) is 5.60 Å². The first-order valence-corrected chi connectivity index (χ1v) is 15.6. The zero-order valence-corrected chi connectivity index (χ0v) is 24.7. The topological polar surface area (TPSA) is 204 Å². The molecule has 43 heavy (non-hydrogen) atoms. The van der Waals surface area contributed by atoms with E-state index in [1.165, 1.54) is 29.9 Å². The molecule has 3 heterocycles. The number of aliphatic hydroxyl groups excluding tert-OH is 2. The molecule has 1 aliphatic heterocycles. The summed E-state index contributed by atoms with van der Waals surface area (Å²) in [5, 5.41) is 38.8. The molecule has 14 nitrogen and oxygen atoms in total. The highest BCUT2D eigenvalue weighted by atomic mass is 31.2. The Kier molecular flexibility index (Phi) is 9.03. The minimum Gasteiger partial charge on any atom is -0.461 e. The second-order valence-corrected chi connectivity index (χ2v) is 12.7. The summed E-state index contributed by atoms with van der Waals surface area (Å²) in [6.07, 6.45) is -0.248. The maximum atomic E-state index is 14.1. The van der Waals surface area contributed by atoms with Crippen molar-refractivity contribution in [3.63, 3.8) is 0 Å². The number of hydrogen-bond donors (Lipinski definition) is 4. The lowest BCUT2D eigenvalue weighted by Gasteiger charge is -2.29. The molecule has 0 unspecified atom stereocenters. The first-order chi connectivity index (χ1) is 20.5. The smallest absolute Gasteiger partial charge is 0.459 e. The third-order valence-corrected chi connectivity index (χ3v) is 9.43. The molecule has 0 amide bonds. The lowest BCUT2D eigenvalue weighted by atomic mass is 9.89. The minimum atomic E-state index is -4.41. The molecular weight excluding hydrogens is 579 g/mol. The van der Waals surface area contributed by atoms with E-state index < -0.39 is 50.3 Å². The second kappa shape index (κ2) is 12.6. The van der Waals surface area contributed by atoms with Gasteiger partial charge in [-0.15, -0.1) is 0 Å². The van der Waals surface area contributed by atoms with Gasteiger partial charge in [0.05, 0.1) is 5.69 Å². The van der Waals surface area contributed by atoms with Crippen LogP contribution in [0.5, 0.6) is 5.75 Å². The Bertz CT molecular complexity index is 1520. The number of hydrogen-bond acceptors (Lipinski definition) is 12. The van der Waals surface area contributed by atoms with Crippen molar-refractivity contribution < 1.29 is 38.1 Å². The fourth-order valence-electron chi connectivity index (χ4n) is 5.27. The summed E-state index contributed by atoms with van der Waals surface area (Å²) in [7, 11) is -4.41. The number of nitrogens with zero attached hydrogens (tertiary/aromatic N) is 4. The number of para-hydroxylation sites is 1. The van der Waals surface area contributed by atoms with Gasteiger partial charge in [-0.2, -0.15) is 15.4 Å². The highest BCUT2D eigenvalue weighted by Gasteiger charge is 2.57. The van der Waals surface area contributed by atoms with Crippen molar-refractivity contribution in [2.24, 2.45) is 5.92 Å². The molecule has 1 saturated heterocycles. The molecule has 0 bridgehead atoms. The summed E-state index contributed by atoms with van der Waals surface area (Å²) in [6, 6.07) is 12.0. The van der Waals surface area contributed by atoms with Crippen LogP contribution in [0.2, 0.25) is 0 Å². The number of rotatable bonds is 10. The number of benzene rings is 1. The lowest BCUT2D eigenvalue weighted by Crippen LogP contribution is -2.46. The summed E-state index contributed by atoms with van der Waals surface area (Å²) in [5.41, 5.74) is 4.46. The van der Waals surface area contributed by atoms with Gasteiger partial charge >= 0.3 is 13.7 Å². The predicted octanol–water partition coefficient (Wildman–Crippen LogP) is 2.67. The largest absolute Gasteiger partial charge is 0.461 e. The van der Waals surface area contributed by atoms with Crippen LogP contribution in [-0.4, -0.2) is 67.3 Å². The number of carbonyl (C=O) groups excluding carboxylic acids is 1. The van der Waals surface area contributed by atoms with E-state index in [0.717, 1.165) is 25.7 Å². The molecule has 0 spiro atoms. The molecule has 1 saturated carbocycles. The van der Waals surface area contributed by atoms with E-state index in [2.05, 4.69) is 22.1 Å². The number of esters is 1. The molecule has 5 rings (SSSR count). The number of nitriles is 1. The first-order valence-electron chi connectivity index (χ1n) is 14.0. The SMILES string of the molecule is C[C@H](N[P@](=O)(OC[C@@]1(C#N)O[C@@H](c2ccc3c(N)ncnn23)[C@H](O)[C@@H]1O)Oc1ccccc1)C(=O)O[C@H]1CC[C@H](C)CC1. The molecule has 2 fully saturated rings. The number of aromatic nitrogens is 3. The van der Waals surface area contributed by atoms with Crippen LogP contribution >= 0.6 is 7.75 Å². The number of nitrogens with two attached hydrogens (primary N) is 1. The van der Waals surface area contributed by atoms with Gasteiger partial charge in [-0.25, -0.2) is 14.1 Å². The van der Waals surface area contributed by atoms with Crippen LogP contribution in [0.3, 0.4) is 0 Å². The maximum Gasteiger partial charge on any atom is 0.459 e. The summed E-state index contributed by atoms with van der Waals surface area (Å²) >= 11 is 0. The Hall–Kier alpha value is -3.57. The third kappa shape index (κ3) is 6.52. The van der Waals surface area contributed by atoms with Crippen LogP contribution < -0.4 is 15.3 Å². The molecule has 1 aliphatic carbocycles. The van der Waals surface area contributed by atoms with Crippen molar-refractivity contribution in [3.05, 3.63) is 54.5 Å². The summed E-state index contributed by atoms with van der Waals surface area (Å²) in [4.78, 5) is 16.8. The van der Waals surface area contributed by atoms with Crippen LogP contribution in [0, 0.1) is 17.2 Å². The van der Waals surface area contributed by atoms with E-state index in [4.69, 9.17) is 24.3 Å². The highest BCUT2D eigenvalue weighted by Crippen LogP contribution is 2.48. The Labute approximate surface area is 248 Å². The second-order valence-electron chi connectivity index (χ2n) is 11.0. The molecule has 6 atom stereocenters. The zero-order chi connectivity index (χ0) is 30.8. The summed E-state index contributed by atoms with van der Waals surface area (Å²) < 4.78 is 38.3. The van der Waals surface area contributed by atoms with Gasteiger partial charge in [0.15, 0.2) is 5.82 Å². The van der Waals surface area contributed by atoms with E-state index in [0.29, 0.717) is 17.1 Å². The van der Waals surface area contributed by atoms with Crippen molar-refractivity contribution >= 4 is 25.1 Å². The molecule has 3 aromatic rings. The van der Waals surface area contributed by atoms with Crippen molar-refractivity contribution in [2.45, 2.75) is 75.6 Å². The van der Waals surface area contributed by atoms with Crippen molar-refractivity contribution in [3.8, 4) is 11.8 Å². The Morgan fingerprint density at radius 1 is 1.26 bits per heavy atom. The monoisotopic (exact) mass is 614 g/mol. The number of nitrogen functional groups attached to an aromatic ring is 1. The normalized spacial score (nSPS) is 29.4. The Morgan fingerprint density at radius 2 is 1.98 bits per heavy atom. The summed E-state index contributed by atoms with van der Waals surface area (Å²) in [6.45, 7) is 2.82. The molecule has 2 aliphatic rings. The van der Waals surface area contributed by atoms with Crippen LogP contribution in [0.15, 0.2) is 48.8 Å². The van der Waals surface area contributed by atoms with E-state index >= 15 is 0 Å². The Balaban J connectivity index is 1.34. The predicted molar refractivity (Wildman–Crippen MR) is 152 cm³/mol. The first kappa shape index (κ1) is 30.9. The van der Waals surface area contributed by atoms with Crippen LogP contribution in [0.25, 0.3) is 5.52 Å². The number of carbonyl (C=O) groups is 1. The third-order valence-electron chi connectivity index (χ3n) is 7.81. The Morgan fingerprint density at radius 3 is 2.67 bits per heavy atom. The van der Waals surface area contributed by atoms with Gasteiger partial charge in [0.25, 0.3) is 0 Å². The van der Waals surface area contributed by atoms with E-state index in [1.54, 1.807) is 30.3 Å². The van der Waals surface area contributed by atoms with Crippen LogP contribution in [-0.2, 0) is 23.4 Å². The van der Waals surface area contributed by atoms with E-state index in [-0.39, 0.29) is 17.7 Å². The molecule has 5 N–H and O–H groups in total. The van der Waals surface area contributed by atoms with Gasteiger partial charge in [-0.1, -0.05) is 25.1 Å². The van der Waals surface area contributed by atoms with Gasteiger partial charge in [-0.3, -0.25) is 9.32 Å². The maximum absolute atomic E-state index is 14.1. The molecule has 15 heteroatoms. The number of nitrogens with one attached hydrogen (secondary N) is 1. The molecule has 230 valence electrons. The van der Waals surface area contributed by atoms with Gasteiger partial charge in [0.1, 0.15) is 60.7 Å². The minimum absolute atomic E-state index is 0.161. The molecule has 2 aromatic heterocycles. The average molecular weight is 615 g/mol. The van der Waals surface area contributed by atoms with Crippen molar-refractivity contribution in [1.29, 1.82) is 5.26 Å². The quantitative estimate of drug-likeness (QED) is 0.192. The fraction of sp³-hybridized carbons (Fsp3) is 0.500. The van der Waals surface area contributed by atoms with Gasteiger partial charge in [-0.05, 0) is 62.8 Å². The number of anilines is 1. The highest BCUT2D eigenvalue weighted by molar-refractivity contribution is 7.52. The van der Waals surface area contributed by atoms with Crippen LogP contribution in [0.4, 0.5) is 5.82 Å². The number of aliphatic hydroxyl groups is 2. The lowest BCUT2D eigenvalue weighted by molar-refractivity contribution is -0.152.